The zero-order valence-corrected chi connectivity index (χ0v) is 24.1. The minimum Gasteiger partial charge on any atom is 4.00 e. The van der Waals surface area contributed by atoms with Gasteiger partial charge in [-0.25, -0.2) is 12.2 Å². The Kier molecular flexibility index (Phi) is 25.6. The van der Waals surface area contributed by atoms with Gasteiger partial charge >= 0.3 is 70.2 Å². The van der Waals surface area contributed by atoms with Crippen LogP contribution in [0.5, 0.6) is 0 Å². The topological polar surface area (TPSA) is 71.4 Å². The second kappa shape index (κ2) is 18.4. The minimum atomic E-state index is -3.83. The minimum absolute atomic E-state index is 0. The van der Waals surface area contributed by atoms with Crippen molar-refractivity contribution in [3.8, 4) is 0 Å². The van der Waals surface area contributed by atoms with E-state index >= 15 is 0 Å². The molecule has 165 valence electrons. The Morgan fingerprint density at radius 3 is 1.00 bits per heavy atom. The van der Waals surface area contributed by atoms with Gasteiger partial charge in [-0.05, 0) is 0 Å². The van der Waals surface area contributed by atoms with Gasteiger partial charge in [-0.3, -0.25) is 6.08 Å². The van der Waals surface area contributed by atoms with E-state index in [4.69, 9.17) is 17.2 Å². The number of allylic oxidation sites excluding steroid dienone is 4. The van der Waals surface area contributed by atoms with Crippen LogP contribution in [0.25, 0.3) is 17.2 Å². The van der Waals surface area contributed by atoms with E-state index in [1.54, 1.807) is 0 Å². The number of nitrogens with one attached hydrogen (secondary N) is 3. The third kappa shape index (κ3) is 130. The fraction of sp³-hybridized carbons (Fsp3) is 0.800. The van der Waals surface area contributed by atoms with E-state index < -0.39 is 19.4 Å². The second-order valence-corrected chi connectivity index (χ2v) is 14.6. The molecule has 0 aromatic heterocycles. The molecule has 8 heteroatoms. The Labute approximate surface area is 196 Å². The van der Waals surface area contributed by atoms with Crippen molar-refractivity contribution in [3.05, 3.63) is 41.5 Å². The third-order valence-corrected chi connectivity index (χ3v) is 3.53. The molecule has 0 saturated carbocycles. The molecule has 0 aromatic rings. The average molecular weight is 544 g/mol. The Balaban J connectivity index is -0.0000000786. The maximum Gasteiger partial charge on any atom is 4.00 e. The van der Waals surface area contributed by atoms with E-state index in [-0.39, 0.29) is 42.8 Å². The van der Waals surface area contributed by atoms with E-state index in [0.29, 0.717) is 0 Å². The number of alkyl halides is 3. The first-order chi connectivity index (χ1) is 11.4. The summed E-state index contributed by atoms with van der Waals surface area (Å²) in [5, 5.41) is -3.83. The van der Waals surface area contributed by atoms with Crippen LogP contribution in [0.15, 0.2) is 18.2 Å². The Bertz CT molecular complexity index is 333. The van der Waals surface area contributed by atoms with Gasteiger partial charge in [0.25, 0.3) is 0 Å². The Morgan fingerprint density at radius 2 is 0.964 bits per heavy atom. The SMILES string of the molecule is CC(C)(C)[NH-].CC(C)(C)[NH-].CC(C)(C)[NH-].[C-]1=CC=CC1.[CH3][Ge]([CH3])[C](F)(F)F.[Zr+4]. The fourth-order valence-electron chi connectivity index (χ4n) is 0.340. The summed E-state index contributed by atoms with van der Waals surface area (Å²) in [7, 11) is 0. The third-order valence-electron chi connectivity index (χ3n) is 1.15. The number of rotatable bonds is 0. The molecule has 0 heterocycles. The molecule has 0 amide bonds. The van der Waals surface area contributed by atoms with Gasteiger partial charge < -0.3 is 17.2 Å². The van der Waals surface area contributed by atoms with Crippen molar-refractivity contribution in [2.45, 2.75) is 102 Å². The second-order valence-electron chi connectivity index (χ2n) is 9.25. The fourth-order valence-corrected chi connectivity index (χ4v) is 0.340. The molecular weight excluding hydrogens is 503 g/mol. The van der Waals surface area contributed by atoms with E-state index in [1.807, 2.05) is 74.5 Å². The molecule has 0 saturated heterocycles. The van der Waals surface area contributed by atoms with Crippen LogP contribution < -0.4 is 0 Å². The van der Waals surface area contributed by atoms with Crippen LogP contribution >= 0.6 is 0 Å². The molecule has 1 radical (unpaired) electrons. The molecular formula is C20H41F3GeN3Zr. The van der Waals surface area contributed by atoms with Crippen LogP contribution in [0.2, 0.25) is 11.5 Å². The van der Waals surface area contributed by atoms with Crippen molar-refractivity contribution in [1.29, 1.82) is 0 Å². The monoisotopic (exact) mass is 544 g/mol. The average Bonchev–Trinajstić information content (AvgIpc) is 2.77. The number of hydrogen-bond acceptors (Lipinski definition) is 0. The molecule has 0 spiro atoms. The van der Waals surface area contributed by atoms with Gasteiger partial charge in [0.2, 0.25) is 0 Å². The maximum absolute atomic E-state index is 11.3. The van der Waals surface area contributed by atoms with Crippen LogP contribution in [-0.2, 0) is 26.2 Å². The quantitative estimate of drug-likeness (QED) is 0.216. The van der Waals surface area contributed by atoms with Crippen molar-refractivity contribution < 1.29 is 39.4 Å². The summed E-state index contributed by atoms with van der Waals surface area (Å²) >= 11 is -2.59. The van der Waals surface area contributed by atoms with Gasteiger partial charge in [-0.2, -0.15) is 6.08 Å². The maximum atomic E-state index is 11.3. The molecule has 1 aliphatic carbocycles. The molecule has 3 N–H and O–H groups in total. The largest absolute Gasteiger partial charge is 4.00 e. The first-order valence-corrected chi connectivity index (χ1v) is 14.0. The summed E-state index contributed by atoms with van der Waals surface area (Å²) in [6.07, 6.45) is 10.0. The van der Waals surface area contributed by atoms with E-state index in [2.05, 4.69) is 12.2 Å². The summed E-state index contributed by atoms with van der Waals surface area (Å²) in [5.41, 5.74) is 20.1. The molecule has 28 heavy (non-hydrogen) atoms. The van der Waals surface area contributed by atoms with Crippen LogP contribution in [-0.4, -0.2) is 36.0 Å². The van der Waals surface area contributed by atoms with Gasteiger partial charge in [0.1, 0.15) is 0 Å². The van der Waals surface area contributed by atoms with Crippen molar-refractivity contribution in [1.82, 2.24) is 0 Å². The summed E-state index contributed by atoms with van der Waals surface area (Å²) in [5.74, 6) is 2.58. The Hall–Kier alpha value is 0.576. The van der Waals surface area contributed by atoms with Crippen LogP contribution in [0.1, 0.15) is 68.7 Å². The molecule has 1 aliphatic rings. The standard InChI is InChI=1S/C5H5.3C4H10N.C3H6F3Ge.Zr/c1-2-4-5-3-1;3*1-4(2,3)5;1-7(2)3(4,5)6;/h1-3H,4H2;3*5H,1-3H3;1-2H3;/q4*-1;;+4. The Morgan fingerprint density at radius 1 is 0.750 bits per heavy atom. The van der Waals surface area contributed by atoms with Gasteiger partial charge in [0.05, 0.1) is 0 Å². The summed E-state index contributed by atoms with van der Waals surface area (Å²) in [4.78, 5) is 0. The molecule has 0 aromatic carbocycles. The molecule has 0 atom stereocenters. The molecule has 3 nitrogen and oxygen atoms in total. The molecule has 0 fully saturated rings. The van der Waals surface area contributed by atoms with Gasteiger partial charge in [0, 0.05) is 0 Å². The van der Waals surface area contributed by atoms with Crippen molar-refractivity contribution >= 4 is 14.3 Å². The van der Waals surface area contributed by atoms with Crippen LogP contribution in [0, 0.1) is 6.08 Å². The van der Waals surface area contributed by atoms with Gasteiger partial charge in [0.15, 0.2) is 0 Å². The van der Waals surface area contributed by atoms with E-state index in [1.165, 1.54) is 11.5 Å². The first-order valence-electron chi connectivity index (χ1n) is 8.78. The normalized spacial score (nSPS) is 12.8. The van der Waals surface area contributed by atoms with E-state index in [0.717, 1.165) is 6.42 Å². The number of halogens is 3. The number of hydrogen-bond donors (Lipinski definition) is 0. The zero-order chi connectivity index (χ0) is 23.1. The predicted octanol–water partition coefficient (Wildman–Crippen LogP) is 8.66. The molecule has 0 unspecified atom stereocenters. The van der Waals surface area contributed by atoms with Gasteiger partial charge in [-0.15, -0.1) is 23.0 Å². The summed E-state index contributed by atoms with van der Waals surface area (Å²) in [6, 6.07) is 0. The van der Waals surface area contributed by atoms with Crippen molar-refractivity contribution in [2.75, 3.05) is 0 Å². The van der Waals surface area contributed by atoms with Crippen LogP contribution in [0.3, 0.4) is 0 Å². The van der Waals surface area contributed by atoms with Crippen molar-refractivity contribution in [3.63, 3.8) is 0 Å². The molecule has 0 aliphatic heterocycles. The van der Waals surface area contributed by atoms with E-state index in [9.17, 15) is 13.2 Å². The van der Waals surface area contributed by atoms with Crippen molar-refractivity contribution in [2.24, 2.45) is 0 Å². The van der Waals surface area contributed by atoms with Crippen LogP contribution in [0.4, 0.5) is 13.2 Å². The molecule has 0 bridgehead atoms. The summed E-state index contributed by atoms with van der Waals surface area (Å²) in [6.45, 7) is 16.7. The van der Waals surface area contributed by atoms with Gasteiger partial charge in [-0.1, -0.05) is 62.3 Å². The zero-order valence-electron chi connectivity index (χ0n) is 19.6. The predicted molar refractivity (Wildman–Crippen MR) is 117 cm³/mol. The first kappa shape index (κ1) is 39.1. The smallest absolute Gasteiger partial charge is 4.00 e. The summed E-state index contributed by atoms with van der Waals surface area (Å²) < 4.78 is 33.8. The molecule has 1 rings (SSSR count).